The molecule has 2 rings (SSSR count). The Balaban J connectivity index is 1.68. The van der Waals surface area contributed by atoms with E-state index in [1.165, 1.54) is 0 Å². The monoisotopic (exact) mass is 494 g/mol. The molecule has 0 aliphatic carbocycles. The molecule has 0 amide bonds. The van der Waals surface area contributed by atoms with E-state index in [9.17, 15) is 19.5 Å². The Morgan fingerprint density at radius 2 is 1.14 bits per heavy atom. The smallest absolute Gasteiger partial charge is 0.316 e. The van der Waals surface area contributed by atoms with E-state index in [1.807, 2.05) is 74.5 Å². The summed E-state index contributed by atoms with van der Waals surface area (Å²) in [6.07, 6.45) is 7.31. The first kappa shape index (κ1) is 29.3. The fourth-order valence-electron chi connectivity index (χ4n) is 4.72. The van der Waals surface area contributed by atoms with Gasteiger partial charge in [-0.05, 0) is 57.6 Å². The molecule has 0 saturated carbocycles. The highest BCUT2D eigenvalue weighted by Gasteiger charge is 2.36. The van der Waals surface area contributed by atoms with Crippen LogP contribution in [0.15, 0.2) is 60.7 Å². The lowest BCUT2D eigenvalue weighted by Crippen LogP contribution is -2.34. The van der Waals surface area contributed by atoms with Gasteiger partial charge in [0, 0.05) is 12.8 Å². The second-order valence-corrected chi connectivity index (χ2v) is 10.1. The molecule has 0 fully saturated rings. The van der Waals surface area contributed by atoms with Gasteiger partial charge in [0.25, 0.3) is 0 Å². The predicted octanol–water partition coefficient (Wildman–Crippen LogP) is 7.02. The number of esters is 1. The Labute approximate surface area is 216 Å². The van der Waals surface area contributed by atoms with Gasteiger partial charge in [0.05, 0.1) is 17.4 Å². The van der Waals surface area contributed by atoms with Crippen molar-refractivity contribution in [1.29, 1.82) is 0 Å². The number of unbranched alkanes of at least 4 members (excludes halogenated alkanes) is 4. The summed E-state index contributed by atoms with van der Waals surface area (Å²) in [5.74, 6) is -0.745. The molecule has 36 heavy (non-hydrogen) atoms. The van der Waals surface area contributed by atoms with E-state index < -0.39 is 16.8 Å². The number of Topliss-reactive ketones (excluding diaryl/α,β-unsaturated/α-hetero) is 1. The van der Waals surface area contributed by atoms with Gasteiger partial charge in [0.2, 0.25) is 0 Å². The Bertz CT molecular complexity index is 955. The van der Waals surface area contributed by atoms with Crippen LogP contribution in [0.2, 0.25) is 0 Å². The van der Waals surface area contributed by atoms with Gasteiger partial charge in [-0.2, -0.15) is 0 Å². The Morgan fingerprint density at radius 3 is 1.58 bits per heavy atom. The number of carbonyl (C=O) groups is 3. The zero-order chi connectivity index (χ0) is 26.4. The van der Waals surface area contributed by atoms with Gasteiger partial charge < -0.3 is 9.84 Å². The van der Waals surface area contributed by atoms with Gasteiger partial charge in [0.15, 0.2) is 0 Å². The maximum atomic E-state index is 12.7. The van der Waals surface area contributed by atoms with Crippen LogP contribution in [-0.4, -0.2) is 29.4 Å². The standard InChI is InChI=1S/C31H42O5/c1-4-36-29(35)31(3,26-19-11-6-12-20-26)24-16-8-14-22-27(32)21-13-7-15-23-30(2,28(33)34)25-17-9-5-10-18-25/h5-6,9-12,17-20H,4,7-8,13-16,21-24H2,1-3H3,(H,33,34). The zero-order valence-corrected chi connectivity index (χ0v) is 22.1. The SMILES string of the molecule is CCOC(=O)C(C)(CCCCCC(=O)CCCCCC(C)(C(=O)O)c1ccccc1)c1ccccc1. The van der Waals surface area contributed by atoms with Gasteiger partial charge in [-0.3, -0.25) is 14.4 Å². The molecule has 2 aromatic carbocycles. The van der Waals surface area contributed by atoms with Crippen molar-refractivity contribution < 1.29 is 24.2 Å². The van der Waals surface area contributed by atoms with E-state index in [1.54, 1.807) is 6.92 Å². The summed E-state index contributed by atoms with van der Waals surface area (Å²) >= 11 is 0. The van der Waals surface area contributed by atoms with E-state index in [2.05, 4.69) is 0 Å². The second-order valence-electron chi connectivity index (χ2n) is 10.1. The molecule has 5 heteroatoms. The molecule has 196 valence electrons. The average Bonchev–Trinajstić information content (AvgIpc) is 2.89. The first-order chi connectivity index (χ1) is 17.2. The molecule has 2 unspecified atom stereocenters. The van der Waals surface area contributed by atoms with Crippen LogP contribution in [0.3, 0.4) is 0 Å². The van der Waals surface area contributed by atoms with Gasteiger partial charge in [0.1, 0.15) is 5.78 Å². The maximum Gasteiger partial charge on any atom is 0.316 e. The molecule has 1 N–H and O–H groups in total. The van der Waals surface area contributed by atoms with E-state index in [-0.39, 0.29) is 11.8 Å². The number of hydrogen-bond acceptors (Lipinski definition) is 4. The first-order valence-electron chi connectivity index (χ1n) is 13.3. The molecular weight excluding hydrogens is 452 g/mol. The van der Waals surface area contributed by atoms with Gasteiger partial charge in [-0.1, -0.05) is 86.3 Å². The molecule has 0 spiro atoms. The van der Waals surface area contributed by atoms with Crippen molar-refractivity contribution >= 4 is 17.7 Å². The van der Waals surface area contributed by atoms with E-state index in [0.717, 1.165) is 49.7 Å². The quantitative estimate of drug-likeness (QED) is 0.189. The molecule has 0 aliphatic rings. The number of aliphatic carboxylic acids is 1. The summed E-state index contributed by atoms with van der Waals surface area (Å²) in [6.45, 7) is 5.90. The van der Waals surface area contributed by atoms with E-state index in [0.29, 0.717) is 32.3 Å². The van der Waals surface area contributed by atoms with Crippen LogP contribution >= 0.6 is 0 Å². The van der Waals surface area contributed by atoms with Crippen LogP contribution in [0.25, 0.3) is 0 Å². The molecule has 0 aliphatic heterocycles. The van der Waals surface area contributed by atoms with Gasteiger partial charge >= 0.3 is 11.9 Å². The van der Waals surface area contributed by atoms with Crippen molar-refractivity contribution in [2.75, 3.05) is 6.61 Å². The fourth-order valence-corrected chi connectivity index (χ4v) is 4.72. The van der Waals surface area contributed by atoms with E-state index >= 15 is 0 Å². The summed E-state index contributed by atoms with van der Waals surface area (Å²) in [4.78, 5) is 36.9. The van der Waals surface area contributed by atoms with Crippen molar-refractivity contribution in [3.63, 3.8) is 0 Å². The van der Waals surface area contributed by atoms with Crippen LogP contribution in [0.1, 0.15) is 96.1 Å². The number of benzene rings is 2. The minimum absolute atomic E-state index is 0.196. The summed E-state index contributed by atoms with van der Waals surface area (Å²) in [6, 6.07) is 19.1. The third kappa shape index (κ3) is 8.32. The summed E-state index contributed by atoms with van der Waals surface area (Å²) in [5.41, 5.74) is 0.208. The first-order valence-corrected chi connectivity index (χ1v) is 13.3. The van der Waals surface area contributed by atoms with Crippen molar-refractivity contribution in [1.82, 2.24) is 0 Å². The summed E-state index contributed by atoms with van der Waals surface area (Å²) < 4.78 is 5.35. The van der Waals surface area contributed by atoms with Crippen molar-refractivity contribution in [2.45, 2.75) is 95.8 Å². The molecule has 2 atom stereocenters. The Hall–Kier alpha value is -2.95. The van der Waals surface area contributed by atoms with Crippen LogP contribution in [0.5, 0.6) is 0 Å². The minimum Gasteiger partial charge on any atom is -0.481 e. The van der Waals surface area contributed by atoms with Crippen molar-refractivity contribution in [3.8, 4) is 0 Å². The number of carboxylic acids is 1. The number of ketones is 1. The molecule has 0 aromatic heterocycles. The summed E-state index contributed by atoms with van der Waals surface area (Å²) in [5, 5.41) is 9.76. The largest absolute Gasteiger partial charge is 0.481 e. The van der Waals surface area contributed by atoms with Crippen LogP contribution in [-0.2, 0) is 30.0 Å². The lowest BCUT2D eigenvalue weighted by Gasteiger charge is -2.28. The zero-order valence-electron chi connectivity index (χ0n) is 22.1. The number of rotatable bonds is 17. The number of carboxylic acid groups (broad SMARTS) is 1. The van der Waals surface area contributed by atoms with Crippen LogP contribution in [0, 0.1) is 0 Å². The maximum absolute atomic E-state index is 12.7. The Morgan fingerprint density at radius 1 is 0.694 bits per heavy atom. The molecule has 2 aromatic rings. The molecule has 0 radical (unpaired) electrons. The second kappa shape index (κ2) is 14.6. The highest BCUT2D eigenvalue weighted by atomic mass is 16.5. The number of ether oxygens (including phenoxy) is 1. The molecular formula is C31H42O5. The van der Waals surface area contributed by atoms with Crippen molar-refractivity contribution in [3.05, 3.63) is 71.8 Å². The number of carbonyl (C=O) groups excluding carboxylic acids is 2. The van der Waals surface area contributed by atoms with Gasteiger partial charge in [-0.25, -0.2) is 0 Å². The molecule has 0 heterocycles. The van der Waals surface area contributed by atoms with E-state index in [4.69, 9.17) is 4.74 Å². The normalized spacial score (nSPS) is 14.4. The predicted molar refractivity (Wildman–Crippen MR) is 143 cm³/mol. The van der Waals surface area contributed by atoms with Crippen LogP contribution in [0.4, 0.5) is 0 Å². The topological polar surface area (TPSA) is 80.7 Å². The van der Waals surface area contributed by atoms with Crippen LogP contribution < -0.4 is 0 Å². The molecule has 0 bridgehead atoms. The third-order valence-corrected chi connectivity index (χ3v) is 7.28. The highest BCUT2D eigenvalue weighted by Crippen LogP contribution is 2.32. The minimum atomic E-state index is -0.900. The fraction of sp³-hybridized carbons (Fsp3) is 0.516. The number of hydrogen-bond donors (Lipinski definition) is 1. The summed E-state index contributed by atoms with van der Waals surface area (Å²) in [7, 11) is 0. The third-order valence-electron chi connectivity index (χ3n) is 7.28. The van der Waals surface area contributed by atoms with Gasteiger partial charge in [-0.15, -0.1) is 0 Å². The lowest BCUT2D eigenvalue weighted by atomic mass is 9.78. The highest BCUT2D eigenvalue weighted by molar-refractivity contribution is 5.83. The lowest BCUT2D eigenvalue weighted by molar-refractivity contribution is -0.150. The average molecular weight is 495 g/mol. The van der Waals surface area contributed by atoms with Crippen molar-refractivity contribution in [2.24, 2.45) is 0 Å². The molecule has 0 saturated heterocycles. The molecule has 5 nitrogen and oxygen atoms in total. The Kier molecular flexibility index (Phi) is 11.9.